The molecule has 0 amide bonds. The van der Waals surface area contributed by atoms with E-state index in [-0.39, 0.29) is 5.56 Å². The van der Waals surface area contributed by atoms with Gasteiger partial charge in [-0.25, -0.2) is 4.79 Å². The van der Waals surface area contributed by atoms with Crippen molar-refractivity contribution in [3.05, 3.63) is 63.8 Å². The van der Waals surface area contributed by atoms with Crippen LogP contribution in [0.4, 0.5) is 0 Å². The molecule has 5 heteroatoms. The Morgan fingerprint density at radius 3 is 2.63 bits per heavy atom. The molecule has 0 aliphatic rings. The van der Waals surface area contributed by atoms with E-state index in [2.05, 4.69) is 0 Å². The van der Waals surface area contributed by atoms with Crippen LogP contribution in [0.5, 0.6) is 0 Å². The molecule has 0 atom stereocenters. The van der Waals surface area contributed by atoms with Crippen LogP contribution in [-0.4, -0.2) is 15.6 Å². The molecular formula is C14H9NO3S. The third-order valence-corrected chi connectivity index (χ3v) is 3.75. The SMILES string of the molecule is O=C(O)c1cn(-c2cccs2)c2ccccc2c1=O. The number of aromatic carboxylic acids is 1. The highest BCUT2D eigenvalue weighted by Crippen LogP contribution is 2.21. The van der Waals surface area contributed by atoms with Crippen molar-refractivity contribution in [2.45, 2.75) is 0 Å². The lowest BCUT2D eigenvalue weighted by Gasteiger charge is -2.09. The van der Waals surface area contributed by atoms with E-state index in [4.69, 9.17) is 5.11 Å². The number of hydrogen-bond donors (Lipinski definition) is 1. The minimum atomic E-state index is -1.21. The van der Waals surface area contributed by atoms with E-state index in [1.165, 1.54) is 17.5 Å². The Morgan fingerprint density at radius 1 is 1.16 bits per heavy atom. The second-order valence-corrected chi connectivity index (χ2v) is 4.94. The number of pyridine rings is 1. The summed E-state index contributed by atoms with van der Waals surface area (Å²) in [6.07, 6.45) is 1.39. The number of hydrogen-bond acceptors (Lipinski definition) is 3. The van der Waals surface area contributed by atoms with Gasteiger partial charge in [-0.3, -0.25) is 4.79 Å². The van der Waals surface area contributed by atoms with Crippen molar-refractivity contribution in [2.75, 3.05) is 0 Å². The number of carboxylic acids is 1. The summed E-state index contributed by atoms with van der Waals surface area (Å²) >= 11 is 1.49. The number of carboxylic acid groups (broad SMARTS) is 1. The maximum Gasteiger partial charge on any atom is 0.341 e. The average molecular weight is 271 g/mol. The van der Waals surface area contributed by atoms with E-state index in [1.54, 1.807) is 16.7 Å². The van der Waals surface area contributed by atoms with Crippen LogP contribution in [0.1, 0.15) is 10.4 Å². The Bertz CT molecular complexity index is 818. The third kappa shape index (κ3) is 1.84. The molecule has 0 aliphatic carbocycles. The van der Waals surface area contributed by atoms with Gasteiger partial charge in [0.15, 0.2) is 0 Å². The second kappa shape index (κ2) is 4.37. The molecule has 2 heterocycles. The number of para-hydroxylation sites is 1. The van der Waals surface area contributed by atoms with Gasteiger partial charge in [-0.15, -0.1) is 11.3 Å². The highest BCUT2D eigenvalue weighted by atomic mass is 32.1. The molecule has 0 radical (unpaired) electrons. The van der Waals surface area contributed by atoms with Crippen LogP contribution in [0.2, 0.25) is 0 Å². The Hall–Kier alpha value is -2.40. The molecule has 2 aromatic heterocycles. The molecule has 0 fully saturated rings. The van der Waals surface area contributed by atoms with E-state index in [0.717, 1.165) is 5.00 Å². The smallest absolute Gasteiger partial charge is 0.341 e. The molecule has 1 aromatic carbocycles. The number of aromatic nitrogens is 1. The van der Waals surface area contributed by atoms with Gasteiger partial charge in [0.25, 0.3) is 0 Å². The average Bonchev–Trinajstić information content (AvgIpc) is 2.93. The number of nitrogens with zero attached hydrogens (tertiary/aromatic N) is 1. The van der Waals surface area contributed by atoms with Gasteiger partial charge in [-0.1, -0.05) is 12.1 Å². The van der Waals surface area contributed by atoms with Crippen molar-refractivity contribution in [2.24, 2.45) is 0 Å². The Balaban J connectivity index is 2.48. The monoisotopic (exact) mass is 271 g/mol. The number of benzene rings is 1. The Labute approximate surface area is 112 Å². The summed E-state index contributed by atoms with van der Waals surface area (Å²) < 4.78 is 1.74. The molecule has 1 N–H and O–H groups in total. The summed E-state index contributed by atoms with van der Waals surface area (Å²) in [7, 11) is 0. The Kier molecular flexibility index (Phi) is 2.68. The number of fused-ring (bicyclic) bond motifs is 1. The van der Waals surface area contributed by atoms with E-state index in [0.29, 0.717) is 10.9 Å². The fourth-order valence-electron chi connectivity index (χ4n) is 2.02. The number of carbonyl (C=O) groups is 1. The van der Waals surface area contributed by atoms with Gasteiger partial charge in [0, 0.05) is 11.6 Å². The standard InChI is InChI=1S/C14H9NO3S/c16-13-9-4-1-2-5-11(9)15(8-10(13)14(17)18)12-6-3-7-19-12/h1-8H,(H,17,18). The van der Waals surface area contributed by atoms with Gasteiger partial charge in [0.2, 0.25) is 5.43 Å². The van der Waals surface area contributed by atoms with E-state index < -0.39 is 11.4 Å². The van der Waals surface area contributed by atoms with Crippen LogP contribution in [0, 0.1) is 0 Å². The summed E-state index contributed by atoms with van der Waals surface area (Å²) in [5, 5.41) is 12.3. The molecule has 0 saturated carbocycles. The molecule has 0 saturated heterocycles. The van der Waals surface area contributed by atoms with Crippen molar-refractivity contribution in [1.82, 2.24) is 4.57 Å². The molecule has 3 rings (SSSR count). The van der Waals surface area contributed by atoms with Gasteiger partial charge < -0.3 is 9.67 Å². The molecule has 94 valence electrons. The van der Waals surface area contributed by atoms with Gasteiger partial charge in [0.1, 0.15) is 5.56 Å². The lowest BCUT2D eigenvalue weighted by Crippen LogP contribution is -2.17. The highest BCUT2D eigenvalue weighted by Gasteiger charge is 2.14. The number of rotatable bonds is 2. The predicted molar refractivity (Wildman–Crippen MR) is 74.4 cm³/mol. The first-order chi connectivity index (χ1) is 9.18. The van der Waals surface area contributed by atoms with Crippen LogP contribution in [-0.2, 0) is 0 Å². The van der Waals surface area contributed by atoms with Crippen LogP contribution < -0.4 is 5.43 Å². The first kappa shape index (κ1) is 11.7. The third-order valence-electron chi connectivity index (χ3n) is 2.89. The topological polar surface area (TPSA) is 59.3 Å². The van der Waals surface area contributed by atoms with Crippen molar-refractivity contribution in [3.8, 4) is 5.00 Å². The molecule has 3 aromatic rings. The summed E-state index contributed by atoms with van der Waals surface area (Å²) in [6, 6.07) is 10.8. The van der Waals surface area contributed by atoms with Crippen molar-refractivity contribution < 1.29 is 9.90 Å². The first-order valence-electron chi connectivity index (χ1n) is 5.60. The van der Waals surface area contributed by atoms with Crippen molar-refractivity contribution in [1.29, 1.82) is 0 Å². The molecular weight excluding hydrogens is 262 g/mol. The van der Waals surface area contributed by atoms with Gasteiger partial charge >= 0.3 is 5.97 Å². The fourth-order valence-corrected chi connectivity index (χ4v) is 2.74. The highest BCUT2D eigenvalue weighted by molar-refractivity contribution is 7.12. The fraction of sp³-hybridized carbons (Fsp3) is 0. The normalized spacial score (nSPS) is 10.7. The summed E-state index contributed by atoms with van der Waals surface area (Å²) in [4.78, 5) is 23.3. The lowest BCUT2D eigenvalue weighted by molar-refractivity contribution is 0.0695. The molecule has 0 spiro atoms. The van der Waals surface area contributed by atoms with Crippen LogP contribution in [0.3, 0.4) is 0 Å². The minimum absolute atomic E-state index is 0.216. The zero-order valence-corrected chi connectivity index (χ0v) is 10.6. The van der Waals surface area contributed by atoms with Crippen molar-refractivity contribution >= 4 is 28.2 Å². The Morgan fingerprint density at radius 2 is 1.95 bits per heavy atom. The largest absolute Gasteiger partial charge is 0.477 e. The van der Waals surface area contributed by atoms with Crippen molar-refractivity contribution in [3.63, 3.8) is 0 Å². The van der Waals surface area contributed by atoms with E-state index in [9.17, 15) is 9.59 Å². The quantitative estimate of drug-likeness (QED) is 0.779. The van der Waals surface area contributed by atoms with Gasteiger partial charge in [-0.2, -0.15) is 0 Å². The summed E-state index contributed by atoms with van der Waals surface area (Å²) in [5.41, 5.74) is 0.0444. The number of thiophene rings is 1. The van der Waals surface area contributed by atoms with Crippen LogP contribution in [0.25, 0.3) is 15.9 Å². The maximum absolute atomic E-state index is 12.1. The molecule has 0 unspecified atom stereocenters. The first-order valence-corrected chi connectivity index (χ1v) is 6.48. The lowest BCUT2D eigenvalue weighted by atomic mass is 10.1. The molecule has 19 heavy (non-hydrogen) atoms. The summed E-state index contributed by atoms with van der Waals surface area (Å²) in [5.74, 6) is -1.21. The zero-order valence-electron chi connectivity index (χ0n) is 9.74. The van der Waals surface area contributed by atoms with Gasteiger partial charge in [0.05, 0.1) is 10.5 Å². The zero-order chi connectivity index (χ0) is 13.4. The van der Waals surface area contributed by atoms with Crippen LogP contribution in [0.15, 0.2) is 52.8 Å². The molecule has 0 aliphatic heterocycles. The molecule has 4 nitrogen and oxygen atoms in total. The summed E-state index contributed by atoms with van der Waals surface area (Å²) in [6.45, 7) is 0. The van der Waals surface area contributed by atoms with E-state index >= 15 is 0 Å². The van der Waals surface area contributed by atoms with E-state index in [1.807, 2.05) is 29.6 Å². The molecule has 0 bridgehead atoms. The van der Waals surface area contributed by atoms with Crippen LogP contribution >= 0.6 is 11.3 Å². The predicted octanol–water partition coefficient (Wildman–Crippen LogP) is 2.75. The minimum Gasteiger partial charge on any atom is -0.477 e. The maximum atomic E-state index is 12.1. The van der Waals surface area contributed by atoms with Gasteiger partial charge in [-0.05, 0) is 29.6 Å². The second-order valence-electron chi connectivity index (χ2n) is 4.02.